The predicted molar refractivity (Wildman–Crippen MR) is 83.0 cm³/mol. The molecule has 0 spiro atoms. The van der Waals surface area contributed by atoms with E-state index in [1.54, 1.807) is 19.2 Å². The van der Waals surface area contributed by atoms with Crippen LogP contribution in [0.3, 0.4) is 0 Å². The van der Waals surface area contributed by atoms with Crippen molar-refractivity contribution in [3.8, 4) is 11.5 Å². The van der Waals surface area contributed by atoms with E-state index in [2.05, 4.69) is 5.32 Å². The summed E-state index contributed by atoms with van der Waals surface area (Å²) in [4.78, 5) is 0. The number of hydrogen-bond acceptors (Lipinski definition) is 3. The quantitative estimate of drug-likeness (QED) is 0.887. The second kappa shape index (κ2) is 6.68. The van der Waals surface area contributed by atoms with Crippen LogP contribution < -0.4 is 14.8 Å². The molecule has 0 saturated carbocycles. The molecule has 1 N–H and O–H groups in total. The summed E-state index contributed by atoms with van der Waals surface area (Å²) in [6.07, 6.45) is 0. The summed E-state index contributed by atoms with van der Waals surface area (Å²) in [5.41, 5.74) is 2.21. The molecular formula is C16H17ClFNO2. The molecule has 0 saturated heterocycles. The van der Waals surface area contributed by atoms with Crippen LogP contribution in [-0.4, -0.2) is 14.2 Å². The van der Waals surface area contributed by atoms with Crippen LogP contribution >= 0.6 is 11.6 Å². The maximum Gasteiger partial charge on any atom is 0.179 e. The number of anilines is 1. The van der Waals surface area contributed by atoms with Gasteiger partial charge in [-0.25, -0.2) is 4.39 Å². The SMILES string of the molecule is COc1cc(CNc2c(C)cccc2F)cc(Cl)c1OC. The minimum Gasteiger partial charge on any atom is -0.493 e. The van der Waals surface area contributed by atoms with Gasteiger partial charge in [0.15, 0.2) is 11.5 Å². The third-order valence-electron chi connectivity index (χ3n) is 3.18. The Morgan fingerprint density at radius 3 is 2.57 bits per heavy atom. The first-order chi connectivity index (χ1) is 10.1. The molecule has 0 radical (unpaired) electrons. The van der Waals surface area contributed by atoms with E-state index in [1.165, 1.54) is 13.2 Å². The van der Waals surface area contributed by atoms with Crippen LogP contribution in [0.1, 0.15) is 11.1 Å². The van der Waals surface area contributed by atoms with Crippen molar-refractivity contribution in [3.05, 3.63) is 52.3 Å². The van der Waals surface area contributed by atoms with E-state index in [1.807, 2.05) is 19.1 Å². The number of para-hydroxylation sites is 1. The van der Waals surface area contributed by atoms with Gasteiger partial charge in [0.1, 0.15) is 5.82 Å². The van der Waals surface area contributed by atoms with Gasteiger partial charge in [-0.2, -0.15) is 0 Å². The largest absolute Gasteiger partial charge is 0.493 e. The van der Waals surface area contributed by atoms with E-state index in [-0.39, 0.29) is 5.82 Å². The van der Waals surface area contributed by atoms with Gasteiger partial charge in [0, 0.05) is 6.54 Å². The third-order valence-corrected chi connectivity index (χ3v) is 3.47. The van der Waals surface area contributed by atoms with Gasteiger partial charge in [0.05, 0.1) is 24.9 Å². The van der Waals surface area contributed by atoms with Crippen LogP contribution in [0.15, 0.2) is 30.3 Å². The standard InChI is InChI=1S/C16H17ClFNO2/c1-10-5-4-6-13(18)15(10)19-9-11-7-12(17)16(21-3)14(8-11)20-2/h4-8,19H,9H2,1-3H3. The van der Waals surface area contributed by atoms with Crippen molar-refractivity contribution in [1.82, 2.24) is 0 Å². The van der Waals surface area contributed by atoms with E-state index >= 15 is 0 Å². The average molecular weight is 310 g/mol. The lowest BCUT2D eigenvalue weighted by molar-refractivity contribution is 0.355. The first kappa shape index (κ1) is 15.4. The summed E-state index contributed by atoms with van der Waals surface area (Å²) in [5.74, 6) is 0.763. The van der Waals surface area contributed by atoms with Gasteiger partial charge < -0.3 is 14.8 Å². The van der Waals surface area contributed by atoms with Crippen molar-refractivity contribution < 1.29 is 13.9 Å². The van der Waals surface area contributed by atoms with Gasteiger partial charge >= 0.3 is 0 Å². The zero-order valence-corrected chi connectivity index (χ0v) is 12.9. The summed E-state index contributed by atoms with van der Waals surface area (Å²) in [6.45, 7) is 2.29. The molecule has 0 aliphatic rings. The highest BCUT2D eigenvalue weighted by Gasteiger charge is 2.11. The highest BCUT2D eigenvalue weighted by atomic mass is 35.5. The van der Waals surface area contributed by atoms with Gasteiger partial charge in [-0.3, -0.25) is 0 Å². The minimum atomic E-state index is -0.276. The molecule has 0 bridgehead atoms. The third kappa shape index (κ3) is 3.39. The molecule has 0 amide bonds. The Labute approximate surface area is 128 Å². The second-order valence-corrected chi connectivity index (χ2v) is 5.01. The van der Waals surface area contributed by atoms with Gasteiger partial charge in [-0.15, -0.1) is 0 Å². The molecule has 21 heavy (non-hydrogen) atoms. The maximum absolute atomic E-state index is 13.8. The molecule has 3 nitrogen and oxygen atoms in total. The van der Waals surface area contributed by atoms with Crippen LogP contribution in [0.5, 0.6) is 11.5 Å². The molecule has 112 valence electrons. The number of benzene rings is 2. The van der Waals surface area contributed by atoms with Crippen molar-refractivity contribution in [3.63, 3.8) is 0 Å². The van der Waals surface area contributed by atoms with E-state index in [0.29, 0.717) is 28.8 Å². The Balaban J connectivity index is 2.23. The molecule has 0 aliphatic heterocycles. The molecule has 2 aromatic rings. The van der Waals surface area contributed by atoms with Crippen molar-refractivity contribution in [2.45, 2.75) is 13.5 Å². The minimum absolute atomic E-state index is 0.276. The molecule has 5 heteroatoms. The average Bonchev–Trinajstić information content (AvgIpc) is 2.46. The van der Waals surface area contributed by atoms with Gasteiger partial charge in [-0.05, 0) is 36.2 Å². The Hall–Kier alpha value is -1.94. The van der Waals surface area contributed by atoms with Gasteiger partial charge in [-0.1, -0.05) is 23.7 Å². The van der Waals surface area contributed by atoms with Crippen LogP contribution in [0.25, 0.3) is 0 Å². The highest BCUT2D eigenvalue weighted by Crippen LogP contribution is 2.36. The van der Waals surface area contributed by atoms with Crippen LogP contribution in [0.4, 0.5) is 10.1 Å². The van der Waals surface area contributed by atoms with E-state index in [9.17, 15) is 4.39 Å². The lowest BCUT2D eigenvalue weighted by Crippen LogP contribution is -2.04. The summed E-state index contributed by atoms with van der Waals surface area (Å²) < 4.78 is 24.2. The number of halogens is 2. The highest BCUT2D eigenvalue weighted by molar-refractivity contribution is 6.32. The number of methoxy groups -OCH3 is 2. The first-order valence-corrected chi connectivity index (χ1v) is 6.84. The van der Waals surface area contributed by atoms with Crippen LogP contribution in [0, 0.1) is 12.7 Å². The molecule has 0 aromatic heterocycles. The molecule has 2 rings (SSSR count). The predicted octanol–water partition coefficient (Wildman–Crippen LogP) is 4.42. The maximum atomic E-state index is 13.8. The summed E-state index contributed by atoms with van der Waals surface area (Å²) in [6, 6.07) is 8.55. The van der Waals surface area contributed by atoms with Crippen molar-refractivity contribution in [1.29, 1.82) is 0 Å². The van der Waals surface area contributed by atoms with Gasteiger partial charge in [0.25, 0.3) is 0 Å². The molecule has 0 heterocycles. The van der Waals surface area contributed by atoms with Crippen molar-refractivity contribution in [2.24, 2.45) is 0 Å². The molecule has 0 unspecified atom stereocenters. The lowest BCUT2D eigenvalue weighted by Gasteiger charge is -2.14. The number of nitrogens with one attached hydrogen (secondary N) is 1. The fourth-order valence-electron chi connectivity index (χ4n) is 2.12. The normalized spacial score (nSPS) is 10.3. The summed E-state index contributed by atoms with van der Waals surface area (Å²) in [7, 11) is 3.08. The Morgan fingerprint density at radius 1 is 1.19 bits per heavy atom. The molecule has 0 atom stereocenters. The van der Waals surface area contributed by atoms with Crippen LogP contribution in [0.2, 0.25) is 5.02 Å². The second-order valence-electron chi connectivity index (χ2n) is 4.60. The topological polar surface area (TPSA) is 30.5 Å². The monoisotopic (exact) mass is 309 g/mol. The molecule has 2 aromatic carbocycles. The fraction of sp³-hybridized carbons (Fsp3) is 0.250. The van der Waals surface area contributed by atoms with E-state index in [0.717, 1.165) is 11.1 Å². The molecule has 0 fully saturated rings. The number of ether oxygens (including phenoxy) is 2. The zero-order valence-electron chi connectivity index (χ0n) is 12.2. The van der Waals surface area contributed by atoms with E-state index in [4.69, 9.17) is 21.1 Å². The van der Waals surface area contributed by atoms with Gasteiger partial charge in [0.2, 0.25) is 0 Å². The smallest absolute Gasteiger partial charge is 0.179 e. The zero-order chi connectivity index (χ0) is 15.4. The summed E-state index contributed by atoms with van der Waals surface area (Å²) >= 11 is 6.15. The van der Waals surface area contributed by atoms with Crippen LogP contribution in [-0.2, 0) is 6.54 Å². The summed E-state index contributed by atoms with van der Waals surface area (Å²) in [5, 5.41) is 3.54. The number of hydrogen-bond donors (Lipinski definition) is 1. The Kier molecular flexibility index (Phi) is 4.91. The fourth-order valence-corrected chi connectivity index (χ4v) is 2.43. The Morgan fingerprint density at radius 2 is 1.95 bits per heavy atom. The van der Waals surface area contributed by atoms with Crippen molar-refractivity contribution >= 4 is 17.3 Å². The Bertz CT molecular complexity index is 626. The molecule has 0 aliphatic carbocycles. The lowest BCUT2D eigenvalue weighted by atomic mass is 10.1. The number of rotatable bonds is 5. The molecular weight excluding hydrogens is 293 g/mol. The van der Waals surface area contributed by atoms with E-state index < -0.39 is 0 Å². The number of aryl methyl sites for hydroxylation is 1. The first-order valence-electron chi connectivity index (χ1n) is 6.46. The van der Waals surface area contributed by atoms with Crippen molar-refractivity contribution in [2.75, 3.05) is 19.5 Å².